The number of thiazole rings is 1. The molecule has 0 bridgehead atoms. The molecule has 5 nitrogen and oxygen atoms in total. The van der Waals surface area contributed by atoms with E-state index in [1.807, 2.05) is 4.90 Å². The van der Waals surface area contributed by atoms with Crippen LogP contribution in [0.5, 0.6) is 0 Å². The first kappa shape index (κ1) is 17.2. The highest BCUT2D eigenvalue weighted by Gasteiger charge is 2.25. The lowest BCUT2D eigenvalue weighted by Gasteiger charge is -2.35. The molecule has 0 saturated carbocycles. The normalized spacial score (nSPS) is 18.7. The van der Waals surface area contributed by atoms with E-state index in [1.165, 1.54) is 0 Å². The molecule has 0 aliphatic carbocycles. The van der Waals surface area contributed by atoms with Gasteiger partial charge < -0.3 is 15.3 Å². The fourth-order valence-corrected chi connectivity index (χ4v) is 3.69. The van der Waals surface area contributed by atoms with Crippen molar-refractivity contribution in [3.8, 4) is 0 Å². The van der Waals surface area contributed by atoms with Gasteiger partial charge in [-0.05, 0) is 25.7 Å². The van der Waals surface area contributed by atoms with Crippen molar-refractivity contribution in [2.24, 2.45) is 0 Å². The van der Waals surface area contributed by atoms with Crippen LogP contribution >= 0.6 is 11.3 Å². The van der Waals surface area contributed by atoms with Gasteiger partial charge in [0, 0.05) is 43.5 Å². The molecule has 1 fully saturated rings. The largest absolute Gasteiger partial charge is 0.396 e. The van der Waals surface area contributed by atoms with Crippen molar-refractivity contribution < 1.29 is 9.90 Å². The average Bonchev–Trinajstić information content (AvgIpc) is 2.97. The minimum atomic E-state index is -0.00235. The Balaban J connectivity index is 1.78. The summed E-state index contributed by atoms with van der Waals surface area (Å²) in [7, 11) is 0. The number of aliphatic hydroxyl groups is 1. The molecule has 2 amide bonds. The lowest BCUT2D eigenvalue weighted by molar-refractivity contribution is 0.132. The number of carbonyl (C=O) groups excluding carboxylic acids is 1. The number of hydrogen-bond donors (Lipinski definition) is 2. The molecule has 1 unspecified atom stereocenters. The Kier molecular flexibility index (Phi) is 6.64. The summed E-state index contributed by atoms with van der Waals surface area (Å²) in [5.41, 5.74) is 1.06. The Morgan fingerprint density at radius 1 is 1.55 bits per heavy atom. The Morgan fingerprint density at radius 3 is 3.05 bits per heavy atom. The van der Waals surface area contributed by atoms with Crippen LogP contribution in [-0.4, -0.2) is 46.8 Å². The van der Waals surface area contributed by atoms with Crippen LogP contribution in [-0.2, 0) is 6.42 Å². The van der Waals surface area contributed by atoms with E-state index in [9.17, 15) is 4.79 Å². The molecule has 124 valence electrons. The van der Waals surface area contributed by atoms with Gasteiger partial charge in [0.2, 0.25) is 0 Å². The molecule has 1 saturated heterocycles. The molecule has 1 aliphatic heterocycles. The average molecular weight is 325 g/mol. The summed E-state index contributed by atoms with van der Waals surface area (Å²) in [6.45, 7) is 5.84. The van der Waals surface area contributed by atoms with Gasteiger partial charge in [0.1, 0.15) is 0 Å². The Hall–Kier alpha value is -1.14. The van der Waals surface area contributed by atoms with Gasteiger partial charge in [-0.2, -0.15) is 0 Å². The maximum Gasteiger partial charge on any atom is 0.317 e. The summed E-state index contributed by atoms with van der Waals surface area (Å²) >= 11 is 1.69. The van der Waals surface area contributed by atoms with Crippen molar-refractivity contribution in [2.75, 3.05) is 19.7 Å². The fourth-order valence-electron chi connectivity index (χ4n) is 2.82. The van der Waals surface area contributed by atoms with Gasteiger partial charge in [0.05, 0.1) is 10.7 Å². The molecule has 1 aromatic rings. The van der Waals surface area contributed by atoms with Gasteiger partial charge in [0.15, 0.2) is 0 Å². The standard InChI is InChI=1S/C16H27N3O2S/c1-12(2)15-18-13(11-22-15)6-8-17-16(21)19-9-4-3-5-14(19)7-10-20/h11-12,14,20H,3-10H2,1-2H3,(H,17,21). The number of carbonyl (C=O) groups is 1. The Labute approximate surface area is 136 Å². The minimum absolute atomic E-state index is 0.00235. The van der Waals surface area contributed by atoms with E-state index in [0.717, 1.165) is 42.9 Å². The Bertz CT molecular complexity index is 474. The monoisotopic (exact) mass is 325 g/mol. The summed E-state index contributed by atoms with van der Waals surface area (Å²) in [5, 5.41) is 15.4. The van der Waals surface area contributed by atoms with Crippen LogP contribution in [0.25, 0.3) is 0 Å². The molecule has 6 heteroatoms. The lowest BCUT2D eigenvalue weighted by Crippen LogP contribution is -2.49. The number of rotatable bonds is 6. The van der Waals surface area contributed by atoms with Crippen LogP contribution < -0.4 is 5.32 Å². The number of nitrogens with zero attached hydrogens (tertiary/aromatic N) is 2. The molecule has 0 spiro atoms. The predicted molar refractivity (Wildman–Crippen MR) is 89.4 cm³/mol. The summed E-state index contributed by atoms with van der Waals surface area (Å²) < 4.78 is 0. The van der Waals surface area contributed by atoms with E-state index in [4.69, 9.17) is 5.11 Å². The molecule has 1 aromatic heterocycles. The highest BCUT2D eigenvalue weighted by atomic mass is 32.1. The SMILES string of the molecule is CC(C)c1nc(CCNC(=O)N2CCCCC2CCO)cs1. The highest BCUT2D eigenvalue weighted by Crippen LogP contribution is 2.20. The van der Waals surface area contributed by atoms with Crippen molar-refractivity contribution in [3.05, 3.63) is 16.1 Å². The van der Waals surface area contributed by atoms with Gasteiger partial charge in [-0.3, -0.25) is 0 Å². The molecule has 22 heavy (non-hydrogen) atoms. The molecule has 2 heterocycles. The molecule has 1 atom stereocenters. The van der Waals surface area contributed by atoms with E-state index in [0.29, 0.717) is 18.9 Å². The number of amides is 2. The number of aromatic nitrogens is 1. The predicted octanol–water partition coefficient (Wildman–Crippen LogP) is 2.76. The summed E-state index contributed by atoms with van der Waals surface area (Å²) in [5.74, 6) is 0.459. The van der Waals surface area contributed by atoms with E-state index < -0.39 is 0 Å². The topological polar surface area (TPSA) is 65.5 Å². The van der Waals surface area contributed by atoms with Crippen molar-refractivity contribution in [1.82, 2.24) is 15.2 Å². The molecule has 0 radical (unpaired) electrons. The smallest absolute Gasteiger partial charge is 0.317 e. The van der Waals surface area contributed by atoms with Crippen molar-refractivity contribution in [2.45, 2.75) is 57.9 Å². The maximum absolute atomic E-state index is 12.3. The van der Waals surface area contributed by atoms with Crippen LogP contribution in [0.1, 0.15) is 56.2 Å². The van der Waals surface area contributed by atoms with Gasteiger partial charge in [-0.1, -0.05) is 13.8 Å². The second kappa shape index (κ2) is 8.48. The molecule has 0 aromatic carbocycles. The highest BCUT2D eigenvalue weighted by molar-refractivity contribution is 7.09. The van der Waals surface area contributed by atoms with Gasteiger partial charge in [-0.15, -0.1) is 11.3 Å². The van der Waals surface area contributed by atoms with Crippen LogP contribution in [0, 0.1) is 0 Å². The first-order valence-corrected chi connectivity index (χ1v) is 9.09. The number of nitrogens with one attached hydrogen (secondary N) is 1. The fraction of sp³-hybridized carbons (Fsp3) is 0.750. The zero-order valence-electron chi connectivity index (χ0n) is 13.5. The third kappa shape index (κ3) is 4.68. The van der Waals surface area contributed by atoms with E-state index in [2.05, 4.69) is 29.5 Å². The maximum atomic E-state index is 12.3. The van der Waals surface area contributed by atoms with Crippen LogP contribution in [0.2, 0.25) is 0 Å². The number of aliphatic hydroxyl groups excluding tert-OH is 1. The summed E-state index contributed by atoms with van der Waals surface area (Å²) in [4.78, 5) is 18.8. The quantitative estimate of drug-likeness (QED) is 0.845. The Morgan fingerprint density at radius 2 is 2.36 bits per heavy atom. The summed E-state index contributed by atoms with van der Waals surface area (Å²) in [6, 6.07) is 0.183. The van der Waals surface area contributed by atoms with Crippen LogP contribution in [0.4, 0.5) is 4.79 Å². The van der Waals surface area contributed by atoms with E-state index in [-0.39, 0.29) is 18.7 Å². The third-order valence-corrected chi connectivity index (χ3v) is 5.27. The second-order valence-electron chi connectivity index (χ2n) is 6.17. The number of urea groups is 1. The number of piperidine rings is 1. The number of hydrogen-bond acceptors (Lipinski definition) is 4. The van der Waals surface area contributed by atoms with E-state index >= 15 is 0 Å². The molecule has 2 N–H and O–H groups in total. The first-order valence-electron chi connectivity index (χ1n) is 8.21. The number of likely N-dealkylation sites (tertiary alicyclic amines) is 1. The van der Waals surface area contributed by atoms with Crippen molar-refractivity contribution in [1.29, 1.82) is 0 Å². The zero-order valence-corrected chi connectivity index (χ0v) is 14.4. The first-order chi connectivity index (χ1) is 10.6. The van der Waals surface area contributed by atoms with Gasteiger partial charge >= 0.3 is 6.03 Å². The molecule has 2 rings (SSSR count). The van der Waals surface area contributed by atoms with Gasteiger partial charge in [0.25, 0.3) is 0 Å². The van der Waals surface area contributed by atoms with Crippen LogP contribution in [0.3, 0.4) is 0 Å². The van der Waals surface area contributed by atoms with Gasteiger partial charge in [-0.25, -0.2) is 9.78 Å². The molecule has 1 aliphatic rings. The second-order valence-corrected chi connectivity index (χ2v) is 7.06. The van der Waals surface area contributed by atoms with Crippen molar-refractivity contribution >= 4 is 17.4 Å². The minimum Gasteiger partial charge on any atom is -0.396 e. The van der Waals surface area contributed by atoms with Crippen LogP contribution in [0.15, 0.2) is 5.38 Å². The zero-order chi connectivity index (χ0) is 15.9. The summed E-state index contributed by atoms with van der Waals surface area (Å²) in [6.07, 6.45) is 4.65. The third-order valence-electron chi connectivity index (χ3n) is 4.07. The molecular formula is C16H27N3O2S. The van der Waals surface area contributed by atoms with E-state index in [1.54, 1.807) is 11.3 Å². The lowest BCUT2D eigenvalue weighted by atomic mass is 10.0. The van der Waals surface area contributed by atoms with Crippen molar-refractivity contribution in [3.63, 3.8) is 0 Å². The molecular weight excluding hydrogens is 298 g/mol.